The van der Waals surface area contributed by atoms with Crippen molar-refractivity contribution >= 4 is 12.0 Å². The largest absolute Gasteiger partial charge is 0.392 e. The number of likely N-dealkylation sites (N-methyl/N-ethyl adjacent to an activating group) is 1. The third kappa shape index (κ3) is 2.85. The van der Waals surface area contributed by atoms with Crippen LogP contribution >= 0.6 is 0 Å². The fraction of sp³-hybridized carbons (Fsp3) is 0.364. The van der Waals surface area contributed by atoms with E-state index in [1.165, 1.54) is 0 Å². The van der Waals surface area contributed by atoms with Crippen molar-refractivity contribution in [2.75, 3.05) is 18.5 Å². The van der Waals surface area contributed by atoms with Gasteiger partial charge in [0.25, 0.3) is 0 Å². The Morgan fingerprint density at radius 3 is 2.43 bits per heavy atom. The summed E-state index contributed by atoms with van der Waals surface area (Å²) in [5.41, 5.74) is 1.66. The van der Waals surface area contributed by atoms with Crippen LogP contribution in [0.1, 0.15) is 17.3 Å². The zero-order valence-electron chi connectivity index (χ0n) is 8.47. The predicted molar refractivity (Wildman–Crippen MR) is 56.8 cm³/mol. The van der Waals surface area contributed by atoms with E-state index >= 15 is 0 Å². The molecule has 0 radical (unpaired) electrons. The van der Waals surface area contributed by atoms with Gasteiger partial charge >= 0.3 is 0 Å². The number of aliphatic hydroxyl groups excluding tert-OH is 1. The minimum absolute atomic E-state index is 0.356. The third-order valence-corrected chi connectivity index (χ3v) is 2.01. The first kappa shape index (κ1) is 10.7. The van der Waals surface area contributed by atoms with E-state index in [2.05, 4.69) is 0 Å². The number of aldehydes is 1. The van der Waals surface area contributed by atoms with Crippen molar-refractivity contribution < 1.29 is 9.90 Å². The molecule has 0 saturated heterocycles. The third-order valence-electron chi connectivity index (χ3n) is 2.01. The number of hydrogen-bond acceptors (Lipinski definition) is 3. The second kappa shape index (κ2) is 4.77. The van der Waals surface area contributed by atoms with Crippen LogP contribution in [0, 0.1) is 0 Å². The second-order valence-corrected chi connectivity index (χ2v) is 3.44. The zero-order valence-corrected chi connectivity index (χ0v) is 8.47. The van der Waals surface area contributed by atoms with E-state index < -0.39 is 0 Å². The molecule has 0 saturated carbocycles. The topological polar surface area (TPSA) is 40.5 Å². The van der Waals surface area contributed by atoms with Gasteiger partial charge < -0.3 is 10.0 Å². The summed E-state index contributed by atoms with van der Waals surface area (Å²) < 4.78 is 0. The number of anilines is 1. The maximum Gasteiger partial charge on any atom is 0.150 e. The molecular formula is C11H15NO2. The van der Waals surface area contributed by atoms with Gasteiger partial charge in [-0.2, -0.15) is 0 Å². The highest BCUT2D eigenvalue weighted by Gasteiger charge is 2.03. The fourth-order valence-electron chi connectivity index (χ4n) is 1.31. The number of carbonyl (C=O) groups is 1. The highest BCUT2D eigenvalue weighted by atomic mass is 16.3. The lowest BCUT2D eigenvalue weighted by molar-refractivity contribution is 0.112. The molecule has 0 aliphatic rings. The Labute approximate surface area is 84.0 Å². The van der Waals surface area contributed by atoms with Crippen molar-refractivity contribution in [1.29, 1.82) is 0 Å². The van der Waals surface area contributed by atoms with Crippen LogP contribution in [-0.4, -0.2) is 31.1 Å². The monoisotopic (exact) mass is 193 g/mol. The lowest BCUT2D eigenvalue weighted by Crippen LogP contribution is -2.26. The molecule has 1 aromatic carbocycles. The Bertz CT molecular complexity index is 293. The van der Waals surface area contributed by atoms with Crippen molar-refractivity contribution in [2.45, 2.75) is 13.0 Å². The van der Waals surface area contributed by atoms with E-state index in [0.29, 0.717) is 12.1 Å². The molecule has 0 aliphatic heterocycles. The molecule has 0 aliphatic carbocycles. The van der Waals surface area contributed by atoms with E-state index in [9.17, 15) is 9.90 Å². The van der Waals surface area contributed by atoms with E-state index in [-0.39, 0.29) is 6.10 Å². The first-order chi connectivity index (χ1) is 6.63. The first-order valence-corrected chi connectivity index (χ1v) is 4.58. The molecule has 3 nitrogen and oxygen atoms in total. The van der Waals surface area contributed by atoms with Gasteiger partial charge in [-0.25, -0.2) is 0 Å². The molecule has 0 fully saturated rings. The van der Waals surface area contributed by atoms with Gasteiger partial charge in [-0.05, 0) is 31.2 Å². The molecule has 14 heavy (non-hydrogen) atoms. The van der Waals surface area contributed by atoms with Crippen LogP contribution in [0.2, 0.25) is 0 Å². The van der Waals surface area contributed by atoms with Crippen LogP contribution in [0.15, 0.2) is 24.3 Å². The molecule has 0 aromatic heterocycles. The number of hydrogen-bond donors (Lipinski definition) is 1. The highest BCUT2D eigenvalue weighted by Crippen LogP contribution is 2.12. The normalized spacial score (nSPS) is 12.2. The summed E-state index contributed by atoms with van der Waals surface area (Å²) in [5, 5.41) is 9.19. The lowest BCUT2D eigenvalue weighted by atomic mass is 10.2. The van der Waals surface area contributed by atoms with Gasteiger partial charge in [0.1, 0.15) is 6.29 Å². The van der Waals surface area contributed by atoms with Crippen molar-refractivity contribution in [2.24, 2.45) is 0 Å². The van der Waals surface area contributed by atoms with Crippen LogP contribution < -0.4 is 4.90 Å². The summed E-state index contributed by atoms with van der Waals surface area (Å²) in [6, 6.07) is 7.26. The summed E-state index contributed by atoms with van der Waals surface area (Å²) in [6.45, 7) is 2.33. The molecule has 3 heteroatoms. The van der Waals surface area contributed by atoms with Gasteiger partial charge in [0, 0.05) is 24.8 Å². The molecule has 0 amide bonds. The van der Waals surface area contributed by atoms with Gasteiger partial charge in [0.2, 0.25) is 0 Å². The second-order valence-electron chi connectivity index (χ2n) is 3.44. The van der Waals surface area contributed by atoms with Crippen molar-refractivity contribution in [3.63, 3.8) is 0 Å². The summed E-state index contributed by atoms with van der Waals surface area (Å²) in [6.07, 6.45) is 0.462. The SMILES string of the molecule is CC(O)CN(C)c1ccc(C=O)cc1. The van der Waals surface area contributed by atoms with Crippen molar-refractivity contribution in [1.82, 2.24) is 0 Å². The zero-order chi connectivity index (χ0) is 10.6. The highest BCUT2D eigenvalue weighted by molar-refractivity contribution is 5.75. The molecule has 0 bridgehead atoms. The minimum Gasteiger partial charge on any atom is -0.392 e. The van der Waals surface area contributed by atoms with Gasteiger partial charge in [-0.1, -0.05) is 0 Å². The standard InChI is InChI=1S/C11H15NO2/c1-9(14)7-12(2)11-5-3-10(8-13)4-6-11/h3-6,8-9,14H,7H2,1-2H3. The Kier molecular flexibility index (Phi) is 3.65. The molecule has 0 heterocycles. The smallest absolute Gasteiger partial charge is 0.150 e. The minimum atomic E-state index is -0.356. The maximum atomic E-state index is 10.4. The van der Waals surface area contributed by atoms with E-state index in [1.807, 2.05) is 24.1 Å². The molecule has 76 valence electrons. The van der Waals surface area contributed by atoms with Crippen LogP contribution in [0.5, 0.6) is 0 Å². The maximum absolute atomic E-state index is 10.4. The molecule has 0 spiro atoms. The predicted octanol–water partition coefficient (Wildman–Crippen LogP) is 1.32. The fourth-order valence-corrected chi connectivity index (χ4v) is 1.31. The van der Waals surface area contributed by atoms with Gasteiger partial charge in [-0.3, -0.25) is 4.79 Å². The quantitative estimate of drug-likeness (QED) is 0.733. The summed E-state index contributed by atoms with van der Waals surface area (Å²) in [7, 11) is 1.91. The molecular weight excluding hydrogens is 178 g/mol. The summed E-state index contributed by atoms with van der Waals surface area (Å²) in [5.74, 6) is 0. The molecule has 1 aromatic rings. The van der Waals surface area contributed by atoms with Gasteiger partial charge in [-0.15, -0.1) is 0 Å². The van der Waals surface area contributed by atoms with Crippen LogP contribution in [0.25, 0.3) is 0 Å². The number of aliphatic hydroxyl groups is 1. The van der Waals surface area contributed by atoms with Crippen LogP contribution in [-0.2, 0) is 0 Å². The average molecular weight is 193 g/mol. The first-order valence-electron chi connectivity index (χ1n) is 4.58. The average Bonchev–Trinajstić information content (AvgIpc) is 2.17. The van der Waals surface area contributed by atoms with Gasteiger partial charge in [0.05, 0.1) is 6.10 Å². The Balaban J connectivity index is 2.71. The number of rotatable bonds is 4. The van der Waals surface area contributed by atoms with Crippen LogP contribution in [0.3, 0.4) is 0 Å². The number of nitrogens with zero attached hydrogens (tertiary/aromatic N) is 1. The lowest BCUT2D eigenvalue weighted by Gasteiger charge is -2.20. The Hall–Kier alpha value is -1.35. The Morgan fingerprint density at radius 1 is 1.43 bits per heavy atom. The van der Waals surface area contributed by atoms with E-state index in [1.54, 1.807) is 19.1 Å². The van der Waals surface area contributed by atoms with E-state index in [0.717, 1.165) is 12.0 Å². The summed E-state index contributed by atoms with van der Waals surface area (Å²) in [4.78, 5) is 12.4. The molecule has 1 rings (SSSR count). The number of benzene rings is 1. The summed E-state index contributed by atoms with van der Waals surface area (Å²) >= 11 is 0. The van der Waals surface area contributed by atoms with Crippen LogP contribution in [0.4, 0.5) is 5.69 Å². The molecule has 1 unspecified atom stereocenters. The van der Waals surface area contributed by atoms with Gasteiger partial charge in [0.15, 0.2) is 0 Å². The van der Waals surface area contributed by atoms with E-state index in [4.69, 9.17) is 0 Å². The van der Waals surface area contributed by atoms with Crippen molar-refractivity contribution in [3.05, 3.63) is 29.8 Å². The number of carbonyl (C=O) groups excluding carboxylic acids is 1. The molecule has 1 atom stereocenters. The Morgan fingerprint density at radius 2 is 2.00 bits per heavy atom. The van der Waals surface area contributed by atoms with Crippen molar-refractivity contribution in [3.8, 4) is 0 Å². The molecule has 1 N–H and O–H groups in total.